The fourth-order valence-corrected chi connectivity index (χ4v) is 2.33. The van der Waals surface area contributed by atoms with Crippen molar-refractivity contribution in [3.63, 3.8) is 0 Å². The molecule has 0 saturated heterocycles. The average Bonchev–Trinajstić information content (AvgIpc) is 2.25. The number of alkyl halides is 1. The van der Waals surface area contributed by atoms with Gasteiger partial charge in [-0.1, -0.05) is 31.4 Å². The molecule has 1 saturated carbocycles. The van der Waals surface area contributed by atoms with Crippen LogP contribution in [0.3, 0.4) is 0 Å². The number of halogens is 1. The summed E-state index contributed by atoms with van der Waals surface area (Å²) >= 11 is 5.55. The average molecular weight is 216 g/mol. The van der Waals surface area contributed by atoms with Crippen molar-refractivity contribution in [2.75, 3.05) is 12.4 Å². The fourth-order valence-electron chi connectivity index (χ4n) is 2.20. The van der Waals surface area contributed by atoms with E-state index in [1.54, 1.807) is 0 Å². The van der Waals surface area contributed by atoms with Gasteiger partial charge in [0.05, 0.1) is 0 Å². The third-order valence-corrected chi connectivity index (χ3v) is 3.35. The molecule has 14 heavy (non-hydrogen) atoms. The Labute approximate surface area is 92.9 Å². The Hall–Kier alpha value is -0.0100. The van der Waals surface area contributed by atoms with Crippen LogP contribution in [0.15, 0.2) is 12.2 Å². The molecule has 1 atom stereocenters. The van der Waals surface area contributed by atoms with Gasteiger partial charge in [-0.3, -0.25) is 0 Å². The molecule has 0 aromatic carbocycles. The quantitative estimate of drug-likeness (QED) is 0.548. The zero-order valence-electron chi connectivity index (χ0n) is 9.14. The highest BCUT2D eigenvalue weighted by atomic mass is 35.5. The minimum atomic E-state index is 0.624. The van der Waals surface area contributed by atoms with Crippen LogP contribution < -0.4 is 5.32 Å². The van der Waals surface area contributed by atoms with Crippen molar-refractivity contribution in [2.45, 2.75) is 45.1 Å². The standard InChI is InChI=1S/C12H22ClN/c1-11(14-10-6-5-9-13)12-7-3-2-4-8-12/h5-6,11-12,14H,2-4,7-10H2,1H3/b6-5+. The number of allylic oxidation sites excluding steroid dienone is 1. The Balaban J connectivity index is 2.13. The van der Waals surface area contributed by atoms with Crippen LogP contribution in [0.2, 0.25) is 0 Å². The maximum atomic E-state index is 5.55. The zero-order valence-corrected chi connectivity index (χ0v) is 9.89. The van der Waals surface area contributed by atoms with Gasteiger partial charge >= 0.3 is 0 Å². The van der Waals surface area contributed by atoms with E-state index in [1.807, 2.05) is 6.08 Å². The van der Waals surface area contributed by atoms with Crippen molar-refractivity contribution in [1.29, 1.82) is 0 Å². The molecule has 1 rings (SSSR count). The fraction of sp³-hybridized carbons (Fsp3) is 0.833. The predicted octanol–water partition coefficient (Wildman–Crippen LogP) is 3.34. The van der Waals surface area contributed by atoms with Crippen molar-refractivity contribution in [3.05, 3.63) is 12.2 Å². The van der Waals surface area contributed by atoms with Crippen molar-refractivity contribution in [2.24, 2.45) is 5.92 Å². The number of nitrogens with one attached hydrogen (secondary N) is 1. The summed E-state index contributed by atoms with van der Waals surface area (Å²) in [5.74, 6) is 1.52. The normalized spacial score (nSPS) is 21.6. The van der Waals surface area contributed by atoms with Gasteiger partial charge in [0.15, 0.2) is 0 Å². The molecule has 82 valence electrons. The summed E-state index contributed by atoms with van der Waals surface area (Å²) in [6.45, 7) is 3.27. The Kier molecular flexibility index (Phi) is 6.29. The van der Waals surface area contributed by atoms with Gasteiger partial charge in [-0.25, -0.2) is 0 Å². The number of rotatable bonds is 5. The third kappa shape index (κ3) is 4.47. The first-order chi connectivity index (χ1) is 6.84. The van der Waals surface area contributed by atoms with Crippen molar-refractivity contribution in [1.82, 2.24) is 5.32 Å². The molecule has 0 bridgehead atoms. The zero-order chi connectivity index (χ0) is 10.2. The van der Waals surface area contributed by atoms with Gasteiger partial charge in [-0.05, 0) is 25.7 Å². The molecule has 1 aliphatic rings. The van der Waals surface area contributed by atoms with Crippen LogP contribution in [-0.4, -0.2) is 18.5 Å². The lowest BCUT2D eigenvalue weighted by atomic mass is 9.84. The minimum absolute atomic E-state index is 0.624. The van der Waals surface area contributed by atoms with Crippen LogP contribution in [0.5, 0.6) is 0 Å². The SMILES string of the molecule is CC(NC/C=C/CCl)C1CCCCC1. The van der Waals surface area contributed by atoms with Gasteiger partial charge in [-0.2, -0.15) is 0 Å². The lowest BCUT2D eigenvalue weighted by molar-refractivity contribution is 0.287. The molecule has 0 radical (unpaired) electrons. The lowest BCUT2D eigenvalue weighted by Gasteiger charge is -2.28. The molecule has 1 aliphatic carbocycles. The van der Waals surface area contributed by atoms with Gasteiger partial charge in [0.25, 0.3) is 0 Å². The van der Waals surface area contributed by atoms with E-state index in [0.717, 1.165) is 12.5 Å². The first-order valence-electron chi connectivity index (χ1n) is 5.79. The highest BCUT2D eigenvalue weighted by Crippen LogP contribution is 2.26. The molecule has 1 fully saturated rings. The van der Waals surface area contributed by atoms with E-state index in [4.69, 9.17) is 11.6 Å². The van der Waals surface area contributed by atoms with E-state index in [1.165, 1.54) is 32.1 Å². The Morgan fingerprint density at radius 3 is 2.64 bits per heavy atom. The second-order valence-electron chi connectivity index (χ2n) is 4.22. The largest absolute Gasteiger partial charge is 0.311 e. The Bertz CT molecular complexity index is 162. The van der Waals surface area contributed by atoms with Gasteiger partial charge in [0, 0.05) is 18.5 Å². The molecule has 1 nitrogen and oxygen atoms in total. The first-order valence-corrected chi connectivity index (χ1v) is 6.32. The number of hydrogen-bond acceptors (Lipinski definition) is 1. The van der Waals surface area contributed by atoms with Crippen molar-refractivity contribution >= 4 is 11.6 Å². The minimum Gasteiger partial charge on any atom is -0.311 e. The second-order valence-corrected chi connectivity index (χ2v) is 4.53. The molecule has 0 amide bonds. The van der Waals surface area contributed by atoms with Gasteiger partial charge in [0.2, 0.25) is 0 Å². The number of hydrogen-bond donors (Lipinski definition) is 1. The van der Waals surface area contributed by atoms with E-state index < -0.39 is 0 Å². The highest BCUT2D eigenvalue weighted by molar-refractivity contribution is 6.18. The molecular formula is C12H22ClN. The summed E-state index contributed by atoms with van der Waals surface area (Å²) in [5, 5.41) is 3.54. The Morgan fingerprint density at radius 1 is 1.29 bits per heavy atom. The molecule has 0 spiro atoms. The summed E-state index contributed by atoms with van der Waals surface area (Å²) in [4.78, 5) is 0. The van der Waals surface area contributed by atoms with E-state index in [-0.39, 0.29) is 0 Å². The molecule has 1 unspecified atom stereocenters. The van der Waals surface area contributed by atoms with E-state index in [2.05, 4.69) is 18.3 Å². The highest BCUT2D eigenvalue weighted by Gasteiger charge is 2.18. The Morgan fingerprint density at radius 2 is 2.00 bits per heavy atom. The molecule has 0 aliphatic heterocycles. The van der Waals surface area contributed by atoms with Crippen LogP contribution in [0.4, 0.5) is 0 Å². The van der Waals surface area contributed by atoms with Gasteiger partial charge in [0.1, 0.15) is 0 Å². The van der Waals surface area contributed by atoms with E-state index in [9.17, 15) is 0 Å². The smallest absolute Gasteiger partial charge is 0.0404 e. The van der Waals surface area contributed by atoms with Crippen LogP contribution >= 0.6 is 11.6 Å². The van der Waals surface area contributed by atoms with Crippen LogP contribution in [0.25, 0.3) is 0 Å². The topological polar surface area (TPSA) is 12.0 Å². The monoisotopic (exact) mass is 215 g/mol. The molecule has 0 heterocycles. The summed E-state index contributed by atoms with van der Waals surface area (Å²) in [6.07, 6.45) is 11.2. The molecule has 0 aromatic heterocycles. The van der Waals surface area contributed by atoms with Crippen LogP contribution in [0, 0.1) is 5.92 Å². The molecule has 0 aromatic rings. The van der Waals surface area contributed by atoms with Crippen LogP contribution in [0.1, 0.15) is 39.0 Å². The maximum absolute atomic E-state index is 5.55. The van der Waals surface area contributed by atoms with Gasteiger partial charge < -0.3 is 5.32 Å². The van der Waals surface area contributed by atoms with Crippen molar-refractivity contribution in [3.8, 4) is 0 Å². The third-order valence-electron chi connectivity index (χ3n) is 3.17. The maximum Gasteiger partial charge on any atom is 0.0404 e. The van der Waals surface area contributed by atoms with Crippen molar-refractivity contribution < 1.29 is 0 Å². The summed E-state index contributed by atoms with van der Waals surface area (Å²) in [6, 6.07) is 0.662. The first kappa shape index (κ1) is 12.1. The van der Waals surface area contributed by atoms with Crippen LogP contribution in [-0.2, 0) is 0 Å². The summed E-state index contributed by atoms with van der Waals surface area (Å²) in [5.41, 5.74) is 0. The molecule has 2 heteroatoms. The predicted molar refractivity (Wildman–Crippen MR) is 63.9 cm³/mol. The second kappa shape index (κ2) is 7.30. The van der Waals surface area contributed by atoms with E-state index >= 15 is 0 Å². The lowest BCUT2D eigenvalue weighted by Crippen LogP contribution is -2.34. The molecular weight excluding hydrogens is 194 g/mol. The summed E-state index contributed by atoms with van der Waals surface area (Å²) < 4.78 is 0. The van der Waals surface area contributed by atoms with E-state index in [0.29, 0.717) is 11.9 Å². The summed E-state index contributed by atoms with van der Waals surface area (Å²) in [7, 11) is 0. The molecule has 1 N–H and O–H groups in total. The van der Waals surface area contributed by atoms with Gasteiger partial charge in [-0.15, -0.1) is 11.6 Å².